The molecular formula is C15H14FNO2. The molecule has 0 atom stereocenters. The first kappa shape index (κ1) is 14.6. The van der Waals surface area contributed by atoms with Crippen molar-refractivity contribution in [1.82, 2.24) is 4.90 Å². The minimum Gasteiger partial charge on any atom is -0.270 e. The average Bonchev–Trinajstić information content (AvgIpc) is 2.60. The molecule has 4 heteroatoms. The molecule has 1 rings (SSSR count). The highest BCUT2D eigenvalue weighted by Gasteiger charge is 2.35. The minimum absolute atomic E-state index is 0.0706. The Kier molecular flexibility index (Phi) is 4.53. The fourth-order valence-electron chi connectivity index (χ4n) is 1.70. The largest absolute Gasteiger partial charge is 0.270 e. The summed E-state index contributed by atoms with van der Waals surface area (Å²) in [7, 11) is 0. The van der Waals surface area contributed by atoms with E-state index in [4.69, 9.17) is 0 Å². The van der Waals surface area contributed by atoms with Gasteiger partial charge in [-0.15, -0.1) is 0 Å². The normalized spacial score (nSPS) is 15.8. The molecular weight excluding hydrogens is 245 g/mol. The van der Waals surface area contributed by atoms with Crippen molar-refractivity contribution in [2.45, 2.75) is 0 Å². The molecule has 0 spiro atoms. The first-order valence-electron chi connectivity index (χ1n) is 5.49. The minimum atomic E-state index is -0.671. The average molecular weight is 259 g/mol. The van der Waals surface area contributed by atoms with Crippen LogP contribution in [0.25, 0.3) is 0 Å². The van der Waals surface area contributed by atoms with Crippen molar-refractivity contribution in [2.75, 3.05) is 6.54 Å². The van der Waals surface area contributed by atoms with Crippen LogP contribution in [-0.2, 0) is 9.59 Å². The van der Waals surface area contributed by atoms with E-state index in [1.165, 1.54) is 18.2 Å². The predicted octanol–water partition coefficient (Wildman–Crippen LogP) is 2.62. The molecule has 0 radical (unpaired) electrons. The monoisotopic (exact) mass is 259 g/mol. The number of imide groups is 1. The van der Waals surface area contributed by atoms with Crippen LogP contribution in [0.5, 0.6) is 0 Å². The lowest BCUT2D eigenvalue weighted by atomic mass is 10.1. The first-order chi connectivity index (χ1) is 8.96. The van der Waals surface area contributed by atoms with E-state index in [0.717, 1.165) is 11.0 Å². The standard InChI is InChI=1S/C15H14FNO2/c1-5-11(8-10(4)16)9-17-14(18)12(6-2)13(7-3)15(17)19/h5-8H,1-4,9H2/b11-8+. The van der Waals surface area contributed by atoms with Crippen LogP contribution in [0, 0.1) is 0 Å². The number of halogens is 1. The van der Waals surface area contributed by atoms with Crippen LogP contribution in [0.15, 0.2) is 73.2 Å². The topological polar surface area (TPSA) is 37.4 Å². The third-order valence-corrected chi connectivity index (χ3v) is 2.59. The fraction of sp³-hybridized carbons (Fsp3) is 0.0667. The van der Waals surface area contributed by atoms with Gasteiger partial charge in [-0.2, -0.15) is 0 Å². The molecule has 0 fully saturated rings. The van der Waals surface area contributed by atoms with Gasteiger partial charge in [-0.3, -0.25) is 14.5 Å². The van der Waals surface area contributed by atoms with Crippen molar-refractivity contribution in [1.29, 1.82) is 0 Å². The number of nitrogens with zero attached hydrogens (tertiary/aromatic N) is 1. The molecule has 1 heterocycles. The zero-order valence-corrected chi connectivity index (χ0v) is 10.5. The van der Waals surface area contributed by atoms with Crippen molar-refractivity contribution < 1.29 is 14.0 Å². The molecule has 0 bridgehead atoms. The summed E-state index contributed by atoms with van der Waals surface area (Å²) in [5.74, 6) is -1.63. The Labute approximate surface area is 111 Å². The fourth-order valence-corrected chi connectivity index (χ4v) is 1.70. The van der Waals surface area contributed by atoms with E-state index < -0.39 is 17.6 Å². The van der Waals surface area contributed by atoms with Crippen molar-refractivity contribution in [3.05, 3.63) is 73.2 Å². The second-order valence-corrected chi connectivity index (χ2v) is 3.80. The quantitative estimate of drug-likeness (QED) is 0.543. The van der Waals surface area contributed by atoms with E-state index in [1.54, 1.807) is 0 Å². The summed E-state index contributed by atoms with van der Waals surface area (Å²) in [6.07, 6.45) is 5.10. The van der Waals surface area contributed by atoms with Gasteiger partial charge in [0.05, 0.1) is 17.7 Å². The Hall–Kier alpha value is -2.49. The Morgan fingerprint density at radius 3 is 1.89 bits per heavy atom. The molecule has 0 aromatic rings. The van der Waals surface area contributed by atoms with Gasteiger partial charge in [0.2, 0.25) is 0 Å². The van der Waals surface area contributed by atoms with Gasteiger partial charge in [0.15, 0.2) is 0 Å². The number of rotatable bonds is 6. The summed E-state index contributed by atoms with van der Waals surface area (Å²) in [5, 5.41) is 0. The van der Waals surface area contributed by atoms with Gasteiger partial charge in [0.25, 0.3) is 11.8 Å². The van der Waals surface area contributed by atoms with E-state index in [-0.39, 0.29) is 17.7 Å². The highest BCUT2D eigenvalue weighted by molar-refractivity contribution is 6.22. The molecule has 0 aromatic heterocycles. The summed E-state index contributed by atoms with van der Waals surface area (Å²) in [5.41, 5.74) is 0.771. The van der Waals surface area contributed by atoms with Gasteiger partial charge in [-0.05, 0) is 11.6 Å². The summed E-state index contributed by atoms with van der Waals surface area (Å²) >= 11 is 0. The van der Waals surface area contributed by atoms with Crippen LogP contribution in [0.2, 0.25) is 0 Å². The lowest BCUT2D eigenvalue weighted by molar-refractivity contribution is -0.136. The second kappa shape index (κ2) is 5.91. The zero-order valence-electron chi connectivity index (χ0n) is 10.5. The first-order valence-corrected chi connectivity index (χ1v) is 5.49. The van der Waals surface area contributed by atoms with Crippen LogP contribution in [0.1, 0.15) is 0 Å². The second-order valence-electron chi connectivity index (χ2n) is 3.80. The lowest BCUT2D eigenvalue weighted by Crippen LogP contribution is -2.33. The van der Waals surface area contributed by atoms with E-state index >= 15 is 0 Å². The molecule has 0 unspecified atom stereocenters. The van der Waals surface area contributed by atoms with Crippen LogP contribution >= 0.6 is 0 Å². The summed E-state index contributed by atoms with van der Waals surface area (Å²) in [6.45, 7) is 13.5. The van der Waals surface area contributed by atoms with E-state index in [2.05, 4.69) is 26.3 Å². The van der Waals surface area contributed by atoms with Crippen LogP contribution in [-0.4, -0.2) is 23.3 Å². The molecule has 98 valence electrons. The third-order valence-electron chi connectivity index (χ3n) is 2.59. The van der Waals surface area contributed by atoms with E-state index in [9.17, 15) is 14.0 Å². The Balaban J connectivity index is 3.07. The summed E-state index contributed by atoms with van der Waals surface area (Å²) in [6, 6.07) is 0. The van der Waals surface area contributed by atoms with Crippen molar-refractivity contribution in [3.8, 4) is 0 Å². The van der Waals surface area contributed by atoms with E-state index in [1.807, 2.05) is 0 Å². The maximum atomic E-state index is 12.7. The van der Waals surface area contributed by atoms with Crippen LogP contribution in [0.3, 0.4) is 0 Å². The van der Waals surface area contributed by atoms with Gasteiger partial charge in [0.1, 0.15) is 5.83 Å². The predicted molar refractivity (Wildman–Crippen MR) is 72.7 cm³/mol. The van der Waals surface area contributed by atoms with Crippen LogP contribution < -0.4 is 0 Å². The molecule has 0 saturated carbocycles. The number of carbonyl (C=O) groups is 2. The maximum Gasteiger partial charge on any atom is 0.261 e. The molecule has 19 heavy (non-hydrogen) atoms. The number of allylic oxidation sites excluding steroid dienone is 2. The SMILES string of the molecule is C=CC1=C(C=C)C(=O)N(C/C(C=C)=C/C(=C)F)C1=O. The van der Waals surface area contributed by atoms with Gasteiger partial charge in [-0.1, -0.05) is 44.5 Å². The van der Waals surface area contributed by atoms with Gasteiger partial charge in [-0.25, -0.2) is 4.39 Å². The summed E-state index contributed by atoms with van der Waals surface area (Å²) < 4.78 is 12.7. The lowest BCUT2D eigenvalue weighted by Gasteiger charge is -2.15. The van der Waals surface area contributed by atoms with Crippen LogP contribution in [0.4, 0.5) is 4.39 Å². The Morgan fingerprint density at radius 1 is 1.11 bits per heavy atom. The molecule has 0 aromatic carbocycles. The summed E-state index contributed by atoms with van der Waals surface area (Å²) in [4.78, 5) is 25.0. The van der Waals surface area contributed by atoms with Gasteiger partial charge in [0, 0.05) is 0 Å². The third kappa shape index (κ3) is 2.85. The van der Waals surface area contributed by atoms with Crippen molar-refractivity contribution >= 4 is 11.8 Å². The van der Waals surface area contributed by atoms with Gasteiger partial charge >= 0.3 is 0 Å². The molecule has 3 nitrogen and oxygen atoms in total. The number of amides is 2. The molecule has 2 amide bonds. The molecule has 0 N–H and O–H groups in total. The molecule has 1 aliphatic rings. The van der Waals surface area contributed by atoms with E-state index in [0.29, 0.717) is 5.57 Å². The number of carbonyl (C=O) groups excluding carboxylic acids is 2. The number of hydrogen-bond acceptors (Lipinski definition) is 2. The van der Waals surface area contributed by atoms with Crippen molar-refractivity contribution in [3.63, 3.8) is 0 Å². The molecule has 0 saturated heterocycles. The highest BCUT2D eigenvalue weighted by atomic mass is 19.1. The Bertz CT molecular complexity index is 522. The van der Waals surface area contributed by atoms with Gasteiger partial charge < -0.3 is 0 Å². The Morgan fingerprint density at radius 2 is 1.58 bits per heavy atom. The maximum absolute atomic E-state index is 12.7. The molecule has 0 aliphatic carbocycles. The zero-order chi connectivity index (χ0) is 14.6. The smallest absolute Gasteiger partial charge is 0.261 e. The number of hydrogen-bond donors (Lipinski definition) is 0. The molecule has 1 aliphatic heterocycles. The highest BCUT2D eigenvalue weighted by Crippen LogP contribution is 2.23. The van der Waals surface area contributed by atoms with Crippen molar-refractivity contribution in [2.24, 2.45) is 0 Å².